The van der Waals surface area contributed by atoms with E-state index in [9.17, 15) is 4.79 Å². The van der Waals surface area contributed by atoms with E-state index in [1.807, 2.05) is 6.92 Å². The maximum absolute atomic E-state index is 10.1. The second-order valence-corrected chi connectivity index (χ2v) is 2.97. The zero-order chi connectivity index (χ0) is 9.40. The van der Waals surface area contributed by atoms with E-state index in [-0.39, 0.29) is 12.5 Å². The standard InChI is InChI=1S/C9H18O3/c1-3-4-5-8(2)12-7-6-9(10)11/h8H,3-7H2,1-2H3,(H,10,11)/t8-/m0/s1. The fourth-order valence-corrected chi connectivity index (χ4v) is 0.922. The summed E-state index contributed by atoms with van der Waals surface area (Å²) in [7, 11) is 0. The van der Waals surface area contributed by atoms with Crippen molar-refractivity contribution in [2.24, 2.45) is 0 Å². The first-order valence-electron chi connectivity index (χ1n) is 4.50. The van der Waals surface area contributed by atoms with Crippen molar-refractivity contribution in [3.05, 3.63) is 0 Å². The van der Waals surface area contributed by atoms with E-state index in [0.29, 0.717) is 6.61 Å². The molecule has 72 valence electrons. The van der Waals surface area contributed by atoms with Gasteiger partial charge in [-0.3, -0.25) is 4.79 Å². The number of carboxylic acids is 1. The van der Waals surface area contributed by atoms with Gasteiger partial charge in [0.25, 0.3) is 0 Å². The van der Waals surface area contributed by atoms with Gasteiger partial charge in [-0.1, -0.05) is 19.8 Å². The van der Waals surface area contributed by atoms with Crippen molar-refractivity contribution in [2.75, 3.05) is 6.61 Å². The number of aliphatic carboxylic acids is 1. The van der Waals surface area contributed by atoms with Crippen LogP contribution in [0.3, 0.4) is 0 Å². The predicted octanol–water partition coefficient (Wildman–Crippen LogP) is 2.06. The van der Waals surface area contributed by atoms with Gasteiger partial charge in [0.05, 0.1) is 19.1 Å². The number of hydrogen-bond donors (Lipinski definition) is 1. The predicted molar refractivity (Wildman–Crippen MR) is 47.2 cm³/mol. The highest BCUT2D eigenvalue weighted by Gasteiger charge is 2.02. The van der Waals surface area contributed by atoms with Crippen LogP contribution in [0.2, 0.25) is 0 Å². The largest absolute Gasteiger partial charge is 0.481 e. The fourth-order valence-electron chi connectivity index (χ4n) is 0.922. The maximum Gasteiger partial charge on any atom is 0.305 e. The monoisotopic (exact) mass is 174 g/mol. The van der Waals surface area contributed by atoms with Crippen LogP contribution in [0.15, 0.2) is 0 Å². The summed E-state index contributed by atoms with van der Waals surface area (Å²) >= 11 is 0. The molecule has 0 rings (SSSR count). The first-order valence-corrected chi connectivity index (χ1v) is 4.50. The molecule has 0 spiro atoms. The maximum atomic E-state index is 10.1. The van der Waals surface area contributed by atoms with Crippen LogP contribution in [0.4, 0.5) is 0 Å². The van der Waals surface area contributed by atoms with E-state index in [4.69, 9.17) is 9.84 Å². The smallest absolute Gasteiger partial charge is 0.305 e. The first kappa shape index (κ1) is 11.4. The molecule has 1 N–H and O–H groups in total. The lowest BCUT2D eigenvalue weighted by atomic mass is 10.2. The van der Waals surface area contributed by atoms with Gasteiger partial charge in [-0.2, -0.15) is 0 Å². The minimum atomic E-state index is -0.794. The Bertz CT molecular complexity index is 123. The first-order chi connectivity index (χ1) is 5.66. The molecule has 0 saturated carbocycles. The summed E-state index contributed by atoms with van der Waals surface area (Å²) < 4.78 is 5.27. The van der Waals surface area contributed by atoms with Gasteiger partial charge in [0.1, 0.15) is 0 Å². The van der Waals surface area contributed by atoms with E-state index >= 15 is 0 Å². The van der Waals surface area contributed by atoms with Gasteiger partial charge in [-0.05, 0) is 13.3 Å². The van der Waals surface area contributed by atoms with Gasteiger partial charge in [-0.15, -0.1) is 0 Å². The van der Waals surface area contributed by atoms with Crippen molar-refractivity contribution in [1.29, 1.82) is 0 Å². The molecule has 12 heavy (non-hydrogen) atoms. The van der Waals surface area contributed by atoms with E-state index in [2.05, 4.69) is 6.92 Å². The lowest BCUT2D eigenvalue weighted by molar-refractivity contribution is -0.138. The van der Waals surface area contributed by atoms with Crippen LogP contribution < -0.4 is 0 Å². The molecule has 3 nitrogen and oxygen atoms in total. The number of carbonyl (C=O) groups is 1. The van der Waals surface area contributed by atoms with Gasteiger partial charge in [0.2, 0.25) is 0 Å². The molecule has 0 aliphatic heterocycles. The second-order valence-electron chi connectivity index (χ2n) is 2.97. The van der Waals surface area contributed by atoms with Gasteiger partial charge in [0.15, 0.2) is 0 Å². The number of hydrogen-bond acceptors (Lipinski definition) is 2. The molecular formula is C9H18O3. The van der Waals surface area contributed by atoms with Crippen molar-refractivity contribution in [3.63, 3.8) is 0 Å². The number of rotatable bonds is 7. The highest BCUT2D eigenvalue weighted by Crippen LogP contribution is 2.03. The molecule has 0 unspecified atom stereocenters. The van der Waals surface area contributed by atoms with Gasteiger partial charge in [0, 0.05) is 0 Å². The molecule has 0 aliphatic rings. The highest BCUT2D eigenvalue weighted by molar-refractivity contribution is 5.66. The summed E-state index contributed by atoms with van der Waals surface area (Å²) in [5.74, 6) is -0.794. The Morgan fingerprint density at radius 1 is 1.58 bits per heavy atom. The van der Waals surface area contributed by atoms with Crippen LogP contribution >= 0.6 is 0 Å². The Kier molecular flexibility index (Phi) is 6.76. The summed E-state index contributed by atoms with van der Waals surface area (Å²) in [6.07, 6.45) is 3.64. The molecule has 0 aromatic heterocycles. The molecule has 0 fully saturated rings. The molecule has 0 radical (unpaired) electrons. The summed E-state index contributed by atoms with van der Waals surface area (Å²) in [5.41, 5.74) is 0. The van der Waals surface area contributed by atoms with Crippen molar-refractivity contribution in [2.45, 2.75) is 45.6 Å². The molecule has 0 aliphatic carbocycles. The zero-order valence-electron chi connectivity index (χ0n) is 7.88. The summed E-state index contributed by atoms with van der Waals surface area (Å²) in [6.45, 7) is 4.45. The molecule has 0 heterocycles. The number of unbranched alkanes of at least 4 members (excludes halogenated alkanes) is 1. The molecule has 0 aromatic carbocycles. The van der Waals surface area contributed by atoms with Crippen LogP contribution in [0, 0.1) is 0 Å². The minimum absolute atomic E-state index is 0.108. The molecule has 0 saturated heterocycles. The third kappa shape index (κ3) is 7.54. The van der Waals surface area contributed by atoms with E-state index in [0.717, 1.165) is 19.3 Å². The Morgan fingerprint density at radius 3 is 2.75 bits per heavy atom. The normalized spacial score (nSPS) is 12.8. The molecule has 3 heteroatoms. The lowest BCUT2D eigenvalue weighted by Gasteiger charge is -2.10. The zero-order valence-corrected chi connectivity index (χ0v) is 7.88. The molecule has 0 amide bonds. The topological polar surface area (TPSA) is 46.5 Å². The van der Waals surface area contributed by atoms with E-state index in [1.54, 1.807) is 0 Å². The van der Waals surface area contributed by atoms with Gasteiger partial charge in [-0.25, -0.2) is 0 Å². The fraction of sp³-hybridized carbons (Fsp3) is 0.889. The summed E-state index contributed by atoms with van der Waals surface area (Å²) in [4.78, 5) is 10.1. The third-order valence-electron chi connectivity index (χ3n) is 1.68. The molecule has 0 aromatic rings. The van der Waals surface area contributed by atoms with Crippen LogP contribution in [0.25, 0.3) is 0 Å². The molecule has 0 bridgehead atoms. The molecule has 1 atom stereocenters. The Hall–Kier alpha value is -0.570. The summed E-state index contributed by atoms with van der Waals surface area (Å²) in [6, 6.07) is 0. The minimum Gasteiger partial charge on any atom is -0.481 e. The number of ether oxygens (including phenoxy) is 1. The van der Waals surface area contributed by atoms with Gasteiger partial charge < -0.3 is 9.84 Å². The summed E-state index contributed by atoms with van der Waals surface area (Å²) in [5, 5.41) is 8.32. The third-order valence-corrected chi connectivity index (χ3v) is 1.68. The average Bonchev–Trinajstić information content (AvgIpc) is 2.00. The SMILES string of the molecule is CCCC[C@H](C)OCCC(=O)O. The molecular weight excluding hydrogens is 156 g/mol. The van der Waals surface area contributed by atoms with Crippen LogP contribution in [-0.4, -0.2) is 23.8 Å². The Labute approximate surface area is 73.7 Å². The average molecular weight is 174 g/mol. The Balaban J connectivity index is 3.19. The second kappa shape index (κ2) is 7.10. The van der Waals surface area contributed by atoms with Crippen molar-refractivity contribution in [1.82, 2.24) is 0 Å². The van der Waals surface area contributed by atoms with Crippen molar-refractivity contribution >= 4 is 5.97 Å². The van der Waals surface area contributed by atoms with Crippen LogP contribution in [0.1, 0.15) is 39.5 Å². The Morgan fingerprint density at radius 2 is 2.25 bits per heavy atom. The quantitative estimate of drug-likeness (QED) is 0.642. The number of carboxylic acid groups (broad SMARTS) is 1. The van der Waals surface area contributed by atoms with Crippen LogP contribution in [0.5, 0.6) is 0 Å². The van der Waals surface area contributed by atoms with Crippen LogP contribution in [-0.2, 0) is 9.53 Å². The van der Waals surface area contributed by atoms with Crippen molar-refractivity contribution in [3.8, 4) is 0 Å². The van der Waals surface area contributed by atoms with E-state index < -0.39 is 5.97 Å². The van der Waals surface area contributed by atoms with Crippen molar-refractivity contribution < 1.29 is 14.6 Å². The van der Waals surface area contributed by atoms with Gasteiger partial charge >= 0.3 is 5.97 Å². The highest BCUT2D eigenvalue weighted by atomic mass is 16.5. The van der Waals surface area contributed by atoms with E-state index in [1.165, 1.54) is 0 Å². The lowest BCUT2D eigenvalue weighted by Crippen LogP contribution is -2.11.